The Balaban J connectivity index is 1.61. The molecule has 1 saturated heterocycles. The molecule has 0 bridgehead atoms. The second-order valence-electron chi connectivity index (χ2n) is 5.98. The van der Waals surface area contributed by atoms with Crippen LogP contribution in [0.2, 0.25) is 0 Å². The van der Waals surface area contributed by atoms with Crippen molar-refractivity contribution in [3.63, 3.8) is 0 Å². The number of likely N-dealkylation sites (tertiary alicyclic amines) is 1. The molecule has 0 aliphatic carbocycles. The van der Waals surface area contributed by atoms with Crippen LogP contribution in [0.15, 0.2) is 0 Å². The first-order chi connectivity index (χ1) is 8.72. The fourth-order valence-corrected chi connectivity index (χ4v) is 3.15. The van der Waals surface area contributed by atoms with Crippen molar-refractivity contribution < 1.29 is 0 Å². The van der Waals surface area contributed by atoms with E-state index < -0.39 is 0 Å². The van der Waals surface area contributed by atoms with Crippen molar-refractivity contribution in [3.05, 3.63) is 17.2 Å². The predicted molar refractivity (Wildman–Crippen MR) is 72.5 cm³/mol. The summed E-state index contributed by atoms with van der Waals surface area (Å²) in [4.78, 5) is 10.9. The molecule has 0 saturated carbocycles. The summed E-state index contributed by atoms with van der Waals surface area (Å²) in [6.07, 6.45) is 3.52. The number of nitrogens with zero attached hydrogens (tertiary/aromatic N) is 2. The van der Waals surface area contributed by atoms with Crippen LogP contribution >= 0.6 is 0 Å². The third-order valence-electron chi connectivity index (χ3n) is 4.28. The predicted octanol–water partition coefficient (Wildman–Crippen LogP) is 1.33. The lowest BCUT2D eigenvalue weighted by Gasteiger charge is -2.19. The molecule has 2 aliphatic rings. The van der Waals surface area contributed by atoms with Crippen LogP contribution in [0.25, 0.3) is 0 Å². The molecular formula is C14H24N4. The standard InChI is InChI=1S/C14H24N4/c1-10(2)18-6-4-11(9-18)7-14-16-12-3-5-15-8-13(12)17-14/h10-11,15H,3-9H2,1-2H3,(H,16,17). The minimum Gasteiger partial charge on any atom is -0.345 e. The van der Waals surface area contributed by atoms with Gasteiger partial charge in [-0.25, -0.2) is 4.98 Å². The summed E-state index contributed by atoms with van der Waals surface area (Å²) in [5.74, 6) is 1.99. The lowest BCUT2D eigenvalue weighted by Crippen LogP contribution is -2.28. The second-order valence-corrected chi connectivity index (χ2v) is 5.98. The topological polar surface area (TPSA) is 44.0 Å². The molecule has 3 rings (SSSR count). The maximum atomic E-state index is 4.77. The highest BCUT2D eigenvalue weighted by Gasteiger charge is 2.25. The molecule has 1 unspecified atom stereocenters. The summed E-state index contributed by atoms with van der Waals surface area (Å²) in [5.41, 5.74) is 2.61. The molecule has 100 valence electrons. The minimum atomic E-state index is 0.684. The molecule has 2 aliphatic heterocycles. The number of hydrogen-bond acceptors (Lipinski definition) is 3. The number of hydrogen-bond donors (Lipinski definition) is 2. The summed E-state index contributed by atoms with van der Waals surface area (Å²) in [6.45, 7) is 9.11. The highest BCUT2D eigenvalue weighted by Crippen LogP contribution is 2.22. The molecule has 1 fully saturated rings. The van der Waals surface area contributed by atoms with E-state index in [4.69, 9.17) is 4.98 Å². The van der Waals surface area contributed by atoms with Crippen LogP contribution in [0.1, 0.15) is 37.5 Å². The summed E-state index contributed by atoms with van der Waals surface area (Å²) in [6, 6.07) is 0.684. The van der Waals surface area contributed by atoms with Crippen LogP contribution in [0.5, 0.6) is 0 Å². The summed E-state index contributed by atoms with van der Waals surface area (Å²) >= 11 is 0. The van der Waals surface area contributed by atoms with Gasteiger partial charge in [0.2, 0.25) is 0 Å². The van der Waals surface area contributed by atoms with Gasteiger partial charge in [-0.15, -0.1) is 0 Å². The maximum absolute atomic E-state index is 4.77. The Kier molecular flexibility index (Phi) is 3.39. The molecule has 4 nitrogen and oxygen atoms in total. The van der Waals surface area contributed by atoms with Gasteiger partial charge in [0.1, 0.15) is 5.82 Å². The molecule has 3 heterocycles. The molecule has 0 radical (unpaired) electrons. The summed E-state index contributed by atoms with van der Waals surface area (Å²) in [5, 5.41) is 3.39. The van der Waals surface area contributed by atoms with Crippen molar-refractivity contribution in [3.8, 4) is 0 Å². The van der Waals surface area contributed by atoms with E-state index in [-0.39, 0.29) is 0 Å². The van der Waals surface area contributed by atoms with Crippen LogP contribution in [0.3, 0.4) is 0 Å². The average Bonchev–Trinajstić information content (AvgIpc) is 2.94. The normalized spacial score (nSPS) is 24.7. The second kappa shape index (κ2) is 5.02. The first-order valence-corrected chi connectivity index (χ1v) is 7.24. The van der Waals surface area contributed by atoms with Gasteiger partial charge in [0.05, 0.1) is 11.4 Å². The van der Waals surface area contributed by atoms with Crippen LogP contribution in [-0.4, -0.2) is 40.5 Å². The number of H-pyrrole nitrogens is 1. The molecular weight excluding hydrogens is 224 g/mol. The van der Waals surface area contributed by atoms with Crippen LogP contribution in [-0.2, 0) is 19.4 Å². The van der Waals surface area contributed by atoms with Gasteiger partial charge in [-0.05, 0) is 32.7 Å². The lowest BCUT2D eigenvalue weighted by molar-refractivity contribution is 0.264. The molecule has 4 heteroatoms. The van der Waals surface area contributed by atoms with Crippen LogP contribution < -0.4 is 5.32 Å². The summed E-state index contributed by atoms with van der Waals surface area (Å²) < 4.78 is 0. The monoisotopic (exact) mass is 248 g/mol. The quantitative estimate of drug-likeness (QED) is 0.848. The number of aromatic nitrogens is 2. The van der Waals surface area contributed by atoms with E-state index in [1.165, 1.54) is 36.7 Å². The fraction of sp³-hybridized carbons (Fsp3) is 0.786. The van der Waals surface area contributed by atoms with Gasteiger partial charge < -0.3 is 15.2 Å². The zero-order valence-electron chi connectivity index (χ0n) is 11.5. The van der Waals surface area contributed by atoms with Gasteiger partial charge in [-0.2, -0.15) is 0 Å². The van der Waals surface area contributed by atoms with Crippen molar-refractivity contribution >= 4 is 0 Å². The number of imidazole rings is 1. The smallest absolute Gasteiger partial charge is 0.106 e. The van der Waals surface area contributed by atoms with Gasteiger partial charge in [-0.3, -0.25) is 0 Å². The minimum absolute atomic E-state index is 0.684. The Morgan fingerprint density at radius 1 is 1.44 bits per heavy atom. The first kappa shape index (κ1) is 12.2. The van der Waals surface area contributed by atoms with Gasteiger partial charge >= 0.3 is 0 Å². The molecule has 1 aromatic heterocycles. The van der Waals surface area contributed by atoms with Crippen molar-refractivity contribution in [1.82, 2.24) is 20.2 Å². The van der Waals surface area contributed by atoms with E-state index in [2.05, 4.69) is 29.0 Å². The molecule has 2 N–H and O–H groups in total. The van der Waals surface area contributed by atoms with Crippen molar-refractivity contribution in [2.24, 2.45) is 5.92 Å². The number of rotatable bonds is 3. The maximum Gasteiger partial charge on any atom is 0.106 e. The third kappa shape index (κ3) is 2.45. The average molecular weight is 248 g/mol. The zero-order chi connectivity index (χ0) is 12.5. The Bertz CT molecular complexity index is 386. The third-order valence-corrected chi connectivity index (χ3v) is 4.28. The SMILES string of the molecule is CC(C)N1CCC(Cc2nc3c([nH]2)CNCC3)C1. The molecule has 0 aromatic carbocycles. The lowest BCUT2D eigenvalue weighted by atomic mass is 10.1. The number of fused-ring (bicyclic) bond motifs is 1. The first-order valence-electron chi connectivity index (χ1n) is 7.24. The molecule has 1 atom stereocenters. The molecule has 1 aromatic rings. The Morgan fingerprint density at radius 3 is 3.06 bits per heavy atom. The van der Waals surface area contributed by atoms with Gasteiger partial charge in [-0.1, -0.05) is 0 Å². The van der Waals surface area contributed by atoms with E-state index in [1.54, 1.807) is 0 Å². The fourth-order valence-electron chi connectivity index (χ4n) is 3.15. The largest absolute Gasteiger partial charge is 0.345 e. The Labute approximate surface area is 109 Å². The number of aromatic amines is 1. The van der Waals surface area contributed by atoms with E-state index in [0.717, 1.165) is 31.8 Å². The van der Waals surface area contributed by atoms with Gasteiger partial charge in [0.15, 0.2) is 0 Å². The highest BCUT2D eigenvalue weighted by molar-refractivity contribution is 5.17. The van der Waals surface area contributed by atoms with Crippen molar-refractivity contribution in [2.45, 2.75) is 45.7 Å². The Hall–Kier alpha value is -0.870. The Morgan fingerprint density at radius 2 is 2.33 bits per heavy atom. The van der Waals surface area contributed by atoms with Gasteiger partial charge in [0.25, 0.3) is 0 Å². The number of nitrogens with one attached hydrogen (secondary N) is 2. The zero-order valence-corrected chi connectivity index (χ0v) is 11.5. The van der Waals surface area contributed by atoms with Crippen molar-refractivity contribution in [2.75, 3.05) is 19.6 Å². The van der Waals surface area contributed by atoms with Crippen molar-refractivity contribution in [1.29, 1.82) is 0 Å². The van der Waals surface area contributed by atoms with Crippen LogP contribution in [0, 0.1) is 5.92 Å². The molecule has 18 heavy (non-hydrogen) atoms. The van der Waals surface area contributed by atoms with E-state index >= 15 is 0 Å². The highest BCUT2D eigenvalue weighted by atomic mass is 15.2. The van der Waals surface area contributed by atoms with E-state index in [9.17, 15) is 0 Å². The van der Waals surface area contributed by atoms with Gasteiger partial charge in [0, 0.05) is 38.5 Å². The summed E-state index contributed by atoms with van der Waals surface area (Å²) in [7, 11) is 0. The molecule has 0 amide bonds. The van der Waals surface area contributed by atoms with E-state index in [0.29, 0.717) is 6.04 Å². The van der Waals surface area contributed by atoms with Crippen LogP contribution in [0.4, 0.5) is 0 Å². The molecule has 0 spiro atoms. The van der Waals surface area contributed by atoms with E-state index in [1.807, 2.05) is 0 Å².